The SMILES string of the molecule is O=[N+]([O-])c1cc2[nH]c3ccc4ccc(O)cc4c3c2c2ccccc12. The van der Waals surface area contributed by atoms with Crippen molar-refractivity contribution in [3.8, 4) is 5.75 Å². The molecule has 1 heterocycles. The van der Waals surface area contributed by atoms with Crippen molar-refractivity contribution < 1.29 is 10.0 Å². The molecule has 0 atom stereocenters. The van der Waals surface area contributed by atoms with Gasteiger partial charge in [-0.2, -0.15) is 0 Å². The first-order valence-corrected chi connectivity index (χ1v) is 7.87. The zero-order valence-electron chi connectivity index (χ0n) is 13.0. The first kappa shape index (κ1) is 13.8. The van der Waals surface area contributed by atoms with Crippen molar-refractivity contribution >= 4 is 49.0 Å². The number of phenolic OH excluding ortho intramolecular Hbond substituents is 1. The van der Waals surface area contributed by atoms with E-state index in [1.807, 2.05) is 30.3 Å². The van der Waals surface area contributed by atoms with Crippen LogP contribution < -0.4 is 0 Å². The van der Waals surface area contributed by atoms with Gasteiger partial charge in [0.2, 0.25) is 0 Å². The number of rotatable bonds is 1. The van der Waals surface area contributed by atoms with Gasteiger partial charge in [-0.15, -0.1) is 0 Å². The zero-order chi connectivity index (χ0) is 17.1. The Morgan fingerprint density at radius 1 is 0.840 bits per heavy atom. The fourth-order valence-corrected chi connectivity index (χ4v) is 3.70. The fourth-order valence-electron chi connectivity index (χ4n) is 3.70. The zero-order valence-corrected chi connectivity index (χ0v) is 13.0. The van der Waals surface area contributed by atoms with Crippen molar-refractivity contribution in [1.82, 2.24) is 4.98 Å². The van der Waals surface area contributed by atoms with Crippen LogP contribution in [0.15, 0.2) is 60.7 Å². The number of hydrogen-bond acceptors (Lipinski definition) is 3. The Balaban J connectivity index is 2.12. The van der Waals surface area contributed by atoms with Gasteiger partial charge in [0.1, 0.15) is 5.75 Å². The normalized spacial score (nSPS) is 11.7. The fraction of sp³-hybridized carbons (Fsp3) is 0. The van der Waals surface area contributed by atoms with Gasteiger partial charge in [0.25, 0.3) is 5.69 Å². The molecule has 0 amide bonds. The lowest BCUT2D eigenvalue weighted by Crippen LogP contribution is -1.90. The van der Waals surface area contributed by atoms with Crippen LogP contribution in [0.4, 0.5) is 5.69 Å². The van der Waals surface area contributed by atoms with Crippen LogP contribution >= 0.6 is 0 Å². The van der Waals surface area contributed by atoms with Crippen molar-refractivity contribution in [3.63, 3.8) is 0 Å². The molecule has 0 aliphatic rings. The van der Waals surface area contributed by atoms with E-state index in [0.717, 1.165) is 38.0 Å². The maximum Gasteiger partial charge on any atom is 0.279 e. The number of aromatic amines is 1. The molecule has 5 aromatic rings. The third-order valence-corrected chi connectivity index (χ3v) is 4.74. The highest BCUT2D eigenvalue weighted by molar-refractivity contribution is 6.28. The quantitative estimate of drug-likeness (QED) is 0.326. The smallest absolute Gasteiger partial charge is 0.279 e. The van der Waals surface area contributed by atoms with Crippen molar-refractivity contribution in [2.75, 3.05) is 0 Å². The Bertz CT molecular complexity index is 1340. The average Bonchev–Trinajstić information content (AvgIpc) is 3.00. The van der Waals surface area contributed by atoms with Crippen LogP contribution in [0.3, 0.4) is 0 Å². The molecule has 2 N–H and O–H groups in total. The van der Waals surface area contributed by atoms with Gasteiger partial charge < -0.3 is 10.1 Å². The number of fused-ring (bicyclic) bond motifs is 7. The maximum atomic E-state index is 11.5. The van der Waals surface area contributed by atoms with Gasteiger partial charge in [0, 0.05) is 22.4 Å². The molecule has 0 unspecified atom stereocenters. The van der Waals surface area contributed by atoms with E-state index in [2.05, 4.69) is 4.98 Å². The summed E-state index contributed by atoms with van der Waals surface area (Å²) in [6, 6.07) is 18.2. The van der Waals surface area contributed by atoms with Crippen LogP contribution in [0.5, 0.6) is 5.75 Å². The second kappa shape index (κ2) is 4.70. The number of benzene rings is 4. The van der Waals surface area contributed by atoms with Gasteiger partial charge >= 0.3 is 0 Å². The van der Waals surface area contributed by atoms with Crippen LogP contribution in [-0.4, -0.2) is 15.0 Å². The van der Waals surface area contributed by atoms with Crippen LogP contribution in [0.1, 0.15) is 0 Å². The van der Waals surface area contributed by atoms with E-state index in [4.69, 9.17) is 0 Å². The Labute approximate surface area is 141 Å². The molecule has 0 radical (unpaired) electrons. The minimum atomic E-state index is -0.350. The Morgan fingerprint density at radius 3 is 2.36 bits per heavy atom. The van der Waals surface area contributed by atoms with E-state index in [-0.39, 0.29) is 16.4 Å². The minimum Gasteiger partial charge on any atom is -0.508 e. The van der Waals surface area contributed by atoms with Crippen molar-refractivity contribution in [3.05, 3.63) is 70.8 Å². The summed E-state index contributed by atoms with van der Waals surface area (Å²) in [5.74, 6) is 0.195. The summed E-state index contributed by atoms with van der Waals surface area (Å²) < 4.78 is 0. The standard InChI is InChI=1S/C20H12N2O3/c23-12-7-5-11-6-8-16-20(15(11)9-12)19-14-4-2-1-3-13(14)18(22(24)25)10-17(19)21-16/h1-10,21,23H. The van der Waals surface area contributed by atoms with Crippen LogP contribution in [0.25, 0.3) is 43.4 Å². The largest absolute Gasteiger partial charge is 0.508 e. The monoisotopic (exact) mass is 328 g/mol. The van der Waals surface area contributed by atoms with Crippen LogP contribution in [-0.2, 0) is 0 Å². The molecule has 0 aliphatic carbocycles. The lowest BCUT2D eigenvalue weighted by Gasteiger charge is -2.04. The van der Waals surface area contributed by atoms with Crippen molar-refractivity contribution in [2.24, 2.45) is 0 Å². The molecule has 25 heavy (non-hydrogen) atoms. The average molecular weight is 328 g/mol. The maximum absolute atomic E-state index is 11.5. The Hall–Kier alpha value is -3.60. The van der Waals surface area contributed by atoms with E-state index in [0.29, 0.717) is 5.39 Å². The third-order valence-electron chi connectivity index (χ3n) is 4.74. The molecule has 120 valence electrons. The molecule has 0 saturated heterocycles. The molecular weight excluding hydrogens is 316 g/mol. The van der Waals surface area contributed by atoms with E-state index >= 15 is 0 Å². The highest BCUT2D eigenvalue weighted by atomic mass is 16.6. The number of aromatic hydroxyl groups is 1. The highest BCUT2D eigenvalue weighted by Gasteiger charge is 2.19. The topological polar surface area (TPSA) is 79.2 Å². The molecule has 0 saturated carbocycles. The summed E-state index contributed by atoms with van der Waals surface area (Å²) in [6.45, 7) is 0. The predicted molar refractivity (Wildman–Crippen MR) is 99.1 cm³/mol. The Morgan fingerprint density at radius 2 is 1.56 bits per heavy atom. The number of phenols is 1. The van der Waals surface area contributed by atoms with Gasteiger partial charge in [0.05, 0.1) is 15.8 Å². The summed E-state index contributed by atoms with van der Waals surface area (Å²) in [5.41, 5.74) is 1.69. The number of nitro benzene ring substituents is 1. The third kappa shape index (κ3) is 1.83. The second-order valence-electron chi connectivity index (χ2n) is 6.14. The van der Waals surface area contributed by atoms with Gasteiger partial charge in [-0.1, -0.05) is 30.3 Å². The predicted octanol–water partition coefficient (Wildman–Crippen LogP) is 5.24. The number of nitrogens with one attached hydrogen (secondary N) is 1. The minimum absolute atomic E-state index is 0.0850. The molecular formula is C20H12N2O3. The van der Waals surface area contributed by atoms with Crippen LogP contribution in [0.2, 0.25) is 0 Å². The van der Waals surface area contributed by atoms with Crippen molar-refractivity contribution in [2.45, 2.75) is 0 Å². The summed E-state index contributed by atoms with van der Waals surface area (Å²) in [5, 5.41) is 26.7. The number of aromatic nitrogens is 1. The molecule has 1 aromatic heterocycles. The number of non-ortho nitro benzene ring substituents is 1. The number of nitro groups is 1. The van der Waals surface area contributed by atoms with E-state index in [9.17, 15) is 15.2 Å². The number of H-pyrrole nitrogens is 1. The number of nitrogens with zero attached hydrogens (tertiary/aromatic N) is 1. The van der Waals surface area contributed by atoms with Gasteiger partial charge in [0.15, 0.2) is 0 Å². The number of hydrogen-bond donors (Lipinski definition) is 2. The summed E-state index contributed by atoms with van der Waals surface area (Å²) in [7, 11) is 0. The van der Waals surface area contributed by atoms with E-state index in [1.54, 1.807) is 30.3 Å². The van der Waals surface area contributed by atoms with E-state index in [1.165, 1.54) is 0 Å². The van der Waals surface area contributed by atoms with E-state index < -0.39 is 0 Å². The molecule has 0 fully saturated rings. The lowest BCUT2D eigenvalue weighted by atomic mass is 9.99. The van der Waals surface area contributed by atoms with Crippen LogP contribution in [0, 0.1) is 10.1 Å². The lowest BCUT2D eigenvalue weighted by molar-refractivity contribution is -0.382. The first-order chi connectivity index (χ1) is 12.1. The molecule has 5 rings (SSSR count). The molecule has 0 bridgehead atoms. The molecule has 0 spiro atoms. The molecule has 0 aliphatic heterocycles. The van der Waals surface area contributed by atoms with Gasteiger partial charge in [-0.25, -0.2) is 0 Å². The first-order valence-electron chi connectivity index (χ1n) is 7.87. The molecule has 5 heteroatoms. The Kier molecular flexibility index (Phi) is 2.60. The molecule has 4 aromatic carbocycles. The van der Waals surface area contributed by atoms with Crippen molar-refractivity contribution in [1.29, 1.82) is 0 Å². The summed E-state index contributed by atoms with van der Waals surface area (Å²) in [6.07, 6.45) is 0. The molecule has 5 nitrogen and oxygen atoms in total. The summed E-state index contributed by atoms with van der Waals surface area (Å²) in [4.78, 5) is 14.4. The summed E-state index contributed by atoms with van der Waals surface area (Å²) >= 11 is 0. The highest BCUT2D eigenvalue weighted by Crippen LogP contribution is 2.40. The van der Waals surface area contributed by atoms with Gasteiger partial charge in [-0.3, -0.25) is 10.1 Å². The van der Waals surface area contributed by atoms with Gasteiger partial charge in [-0.05, 0) is 40.4 Å². The second-order valence-corrected chi connectivity index (χ2v) is 6.14.